The second-order valence-corrected chi connectivity index (χ2v) is 4.86. The minimum Gasteiger partial charge on any atom is -0.487 e. The molecule has 1 saturated carbocycles. The van der Waals surface area contributed by atoms with Gasteiger partial charge in [0.1, 0.15) is 18.0 Å². The molecule has 110 valence electrons. The minimum absolute atomic E-state index is 0.0105. The Labute approximate surface area is 118 Å². The quantitative estimate of drug-likeness (QED) is 0.637. The van der Waals surface area contributed by atoms with Crippen LogP contribution in [0.4, 0.5) is 5.69 Å². The fraction of sp³-hybridized carbons (Fsp3) is 0.571. The Bertz CT molecular complexity index is 492. The monoisotopic (exact) mass is 280 g/mol. The molecule has 6 nitrogen and oxygen atoms in total. The molecule has 0 spiro atoms. The third kappa shape index (κ3) is 2.76. The smallest absolute Gasteiger partial charge is 0.276 e. The molecule has 0 radical (unpaired) electrons. The lowest BCUT2D eigenvalue weighted by atomic mass is 9.85. The number of hydrogen-bond acceptors (Lipinski definition) is 5. The summed E-state index contributed by atoms with van der Waals surface area (Å²) < 4.78 is 11.6. The molecule has 0 bridgehead atoms. The van der Waals surface area contributed by atoms with Crippen LogP contribution in [0.25, 0.3) is 0 Å². The molecule has 1 aliphatic rings. The van der Waals surface area contributed by atoms with Gasteiger partial charge in [-0.2, -0.15) is 0 Å². The van der Waals surface area contributed by atoms with E-state index in [0.717, 1.165) is 6.42 Å². The van der Waals surface area contributed by atoms with Crippen molar-refractivity contribution in [3.63, 3.8) is 0 Å². The summed E-state index contributed by atoms with van der Waals surface area (Å²) in [6, 6.07) is 5.17. The summed E-state index contributed by atoms with van der Waals surface area (Å²) in [6.45, 7) is 4.27. The van der Waals surface area contributed by atoms with Crippen molar-refractivity contribution < 1.29 is 14.4 Å². The van der Waals surface area contributed by atoms with Crippen LogP contribution in [0.1, 0.15) is 18.9 Å². The van der Waals surface area contributed by atoms with Crippen molar-refractivity contribution in [3.05, 3.63) is 33.9 Å². The lowest BCUT2D eigenvalue weighted by molar-refractivity contribution is -0.385. The number of likely N-dealkylation sites (N-methyl/N-ethyl adjacent to an activating group) is 1. The fourth-order valence-corrected chi connectivity index (χ4v) is 2.49. The van der Waals surface area contributed by atoms with Crippen LogP contribution in [0.5, 0.6) is 5.75 Å². The Kier molecular flexibility index (Phi) is 4.57. The van der Waals surface area contributed by atoms with Crippen LogP contribution in [-0.2, 0) is 4.74 Å². The summed E-state index contributed by atoms with van der Waals surface area (Å²) in [5, 5.41) is 14.1. The van der Waals surface area contributed by atoms with Gasteiger partial charge in [-0.3, -0.25) is 10.1 Å². The van der Waals surface area contributed by atoms with Crippen molar-refractivity contribution >= 4 is 5.69 Å². The third-order valence-corrected chi connectivity index (χ3v) is 3.71. The first-order valence-corrected chi connectivity index (χ1v) is 6.78. The molecule has 0 aromatic heterocycles. The summed E-state index contributed by atoms with van der Waals surface area (Å²) in [5.74, 6) is 0.559. The largest absolute Gasteiger partial charge is 0.487 e. The van der Waals surface area contributed by atoms with Crippen LogP contribution in [0.15, 0.2) is 18.2 Å². The molecule has 20 heavy (non-hydrogen) atoms. The first-order valence-electron chi connectivity index (χ1n) is 6.78. The van der Waals surface area contributed by atoms with Gasteiger partial charge >= 0.3 is 0 Å². The first kappa shape index (κ1) is 14.7. The van der Waals surface area contributed by atoms with Crippen LogP contribution in [0.3, 0.4) is 0 Å². The number of benzene rings is 1. The Hall–Kier alpha value is -1.66. The molecule has 1 fully saturated rings. The zero-order chi connectivity index (χ0) is 14.7. The van der Waals surface area contributed by atoms with Gasteiger partial charge in [0, 0.05) is 25.1 Å². The molecular formula is C14H20N2O4. The number of nitrogens with one attached hydrogen (secondary N) is 1. The van der Waals surface area contributed by atoms with Gasteiger partial charge in [-0.1, -0.05) is 6.07 Å². The number of nitro groups is 1. The zero-order valence-corrected chi connectivity index (χ0v) is 12.0. The third-order valence-electron chi connectivity index (χ3n) is 3.71. The lowest BCUT2D eigenvalue weighted by Gasteiger charge is -2.43. The number of nitro benzene ring substituents is 1. The Morgan fingerprint density at radius 3 is 2.85 bits per heavy atom. The summed E-state index contributed by atoms with van der Waals surface area (Å²) >= 11 is 0. The minimum atomic E-state index is -0.389. The molecule has 1 aromatic rings. The lowest BCUT2D eigenvalue weighted by Crippen LogP contribution is -2.60. The van der Waals surface area contributed by atoms with E-state index in [1.165, 1.54) is 6.07 Å². The number of hydrogen-bond donors (Lipinski definition) is 1. The first-order chi connectivity index (χ1) is 9.58. The molecule has 1 aromatic carbocycles. The maximum absolute atomic E-state index is 10.9. The maximum Gasteiger partial charge on any atom is 0.276 e. The van der Waals surface area contributed by atoms with Gasteiger partial charge in [-0.15, -0.1) is 0 Å². The molecule has 2 rings (SSSR count). The van der Waals surface area contributed by atoms with E-state index in [-0.39, 0.29) is 28.9 Å². The van der Waals surface area contributed by atoms with E-state index < -0.39 is 0 Å². The highest BCUT2D eigenvalue weighted by Gasteiger charge is 2.43. The average Bonchev–Trinajstić information content (AvgIpc) is 2.41. The number of ether oxygens (including phenoxy) is 2. The van der Waals surface area contributed by atoms with Crippen LogP contribution < -0.4 is 10.1 Å². The normalized spacial score (nSPS) is 25.1. The average molecular weight is 280 g/mol. The maximum atomic E-state index is 10.9. The van der Waals surface area contributed by atoms with Gasteiger partial charge in [0.15, 0.2) is 0 Å². The van der Waals surface area contributed by atoms with E-state index in [4.69, 9.17) is 9.47 Å². The molecule has 0 saturated heterocycles. The molecule has 1 N–H and O–H groups in total. The van der Waals surface area contributed by atoms with Crippen molar-refractivity contribution in [3.8, 4) is 5.75 Å². The Balaban J connectivity index is 2.11. The predicted octanol–water partition coefficient (Wildman–Crippen LogP) is 2.05. The predicted molar refractivity (Wildman–Crippen MR) is 75.1 cm³/mol. The van der Waals surface area contributed by atoms with Gasteiger partial charge in [0.2, 0.25) is 0 Å². The molecule has 1 aliphatic carbocycles. The molecule has 0 amide bonds. The van der Waals surface area contributed by atoms with Gasteiger partial charge in [0.25, 0.3) is 5.69 Å². The van der Waals surface area contributed by atoms with Gasteiger partial charge in [0.05, 0.1) is 10.5 Å². The van der Waals surface area contributed by atoms with Crippen molar-refractivity contribution in [2.75, 3.05) is 13.7 Å². The highest BCUT2D eigenvalue weighted by Crippen LogP contribution is 2.33. The molecule has 6 heteroatoms. The van der Waals surface area contributed by atoms with E-state index in [2.05, 4.69) is 5.32 Å². The summed E-state index contributed by atoms with van der Waals surface area (Å²) in [6.07, 6.45) is 0.764. The Morgan fingerprint density at radius 2 is 2.25 bits per heavy atom. The van der Waals surface area contributed by atoms with Crippen LogP contribution in [0.2, 0.25) is 0 Å². The number of rotatable bonds is 6. The van der Waals surface area contributed by atoms with Crippen LogP contribution >= 0.6 is 0 Å². The van der Waals surface area contributed by atoms with Crippen molar-refractivity contribution in [2.24, 2.45) is 0 Å². The highest BCUT2D eigenvalue weighted by atomic mass is 16.6. The summed E-state index contributed by atoms with van der Waals surface area (Å²) in [5.41, 5.74) is 0.639. The van der Waals surface area contributed by atoms with Gasteiger partial charge in [-0.25, -0.2) is 0 Å². The molecule has 0 aliphatic heterocycles. The molecule has 3 unspecified atom stereocenters. The van der Waals surface area contributed by atoms with Crippen LogP contribution in [-0.4, -0.2) is 36.8 Å². The van der Waals surface area contributed by atoms with Crippen molar-refractivity contribution in [1.29, 1.82) is 0 Å². The van der Waals surface area contributed by atoms with Crippen molar-refractivity contribution in [2.45, 2.75) is 38.5 Å². The number of nitrogens with zero attached hydrogens (tertiary/aromatic N) is 1. The SMILES string of the molecule is CCOC1C(NC)CC1Oc1cccc([N+](=O)[O-])c1C. The van der Waals surface area contributed by atoms with Gasteiger partial charge < -0.3 is 14.8 Å². The van der Waals surface area contributed by atoms with E-state index in [1.807, 2.05) is 14.0 Å². The summed E-state index contributed by atoms with van der Waals surface area (Å²) in [4.78, 5) is 10.5. The fourth-order valence-electron chi connectivity index (χ4n) is 2.49. The van der Waals surface area contributed by atoms with E-state index >= 15 is 0 Å². The topological polar surface area (TPSA) is 73.6 Å². The van der Waals surface area contributed by atoms with Gasteiger partial charge in [-0.05, 0) is 27.0 Å². The van der Waals surface area contributed by atoms with Crippen LogP contribution in [0, 0.1) is 17.0 Å². The second kappa shape index (κ2) is 6.19. The Morgan fingerprint density at radius 1 is 1.50 bits per heavy atom. The van der Waals surface area contributed by atoms with E-state index in [9.17, 15) is 10.1 Å². The summed E-state index contributed by atoms with van der Waals surface area (Å²) in [7, 11) is 1.89. The van der Waals surface area contributed by atoms with Crippen molar-refractivity contribution in [1.82, 2.24) is 5.32 Å². The van der Waals surface area contributed by atoms with E-state index in [1.54, 1.807) is 19.1 Å². The highest BCUT2D eigenvalue weighted by molar-refractivity contribution is 5.48. The standard InChI is InChI=1S/C14H20N2O4/c1-4-19-14-10(15-3)8-13(14)20-12-7-5-6-11(9(12)2)16(17)18/h5-7,10,13-15H,4,8H2,1-3H3. The van der Waals surface area contributed by atoms with E-state index in [0.29, 0.717) is 17.9 Å². The molecular weight excluding hydrogens is 260 g/mol. The molecule has 0 heterocycles. The second-order valence-electron chi connectivity index (χ2n) is 4.86. The zero-order valence-electron chi connectivity index (χ0n) is 12.0. The molecule has 3 atom stereocenters.